The van der Waals surface area contributed by atoms with Gasteiger partial charge in [0.15, 0.2) is 0 Å². The molecule has 0 aliphatic rings. The summed E-state index contributed by atoms with van der Waals surface area (Å²) in [7, 11) is 1.66. The van der Waals surface area contributed by atoms with Gasteiger partial charge in [-0.15, -0.1) is 0 Å². The fourth-order valence-corrected chi connectivity index (χ4v) is 3.18. The molecule has 0 saturated carbocycles. The molecule has 2 aromatic rings. The lowest BCUT2D eigenvalue weighted by Gasteiger charge is -2.18. The molecule has 0 saturated heterocycles. The molecule has 0 aliphatic carbocycles. The van der Waals surface area contributed by atoms with E-state index in [-0.39, 0.29) is 24.8 Å². The molecule has 0 spiro atoms. The first-order valence-corrected chi connectivity index (χ1v) is 9.73. The number of aromatic nitrogens is 2. The summed E-state index contributed by atoms with van der Waals surface area (Å²) in [6.45, 7) is 13.0. The molecule has 0 bridgehead atoms. The summed E-state index contributed by atoms with van der Waals surface area (Å²) >= 11 is 0. The van der Waals surface area contributed by atoms with Crippen LogP contribution in [0.3, 0.4) is 0 Å². The van der Waals surface area contributed by atoms with Crippen molar-refractivity contribution in [3.05, 3.63) is 46.3 Å². The van der Waals surface area contributed by atoms with Gasteiger partial charge in [-0.1, -0.05) is 26.0 Å². The molecular weight excluding hydrogens is 352 g/mol. The van der Waals surface area contributed by atoms with Gasteiger partial charge in [-0.3, -0.25) is 14.3 Å². The largest absolute Gasteiger partial charge is 0.336 e. The van der Waals surface area contributed by atoms with E-state index in [1.165, 1.54) is 4.90 Å². The smallest absolute Gasteiger partial charge is 0.243 e. The zero-order valence-electron chi connectivity index (χ0n) is 18.1. The lowest BCUT2D eigenvalue weighted by Crippen LogP contribution is -2.36. The number of rotatable bonds is 7. The molecule has 6 heteroatoms. The summed E-state index contributed by atoms with van der Waals surface area (Å²) < 4.78 is 1.97. The third kappa shape index (κ3) is 5.21. The molecule has 152 valence electrons. The monoisotopic (exact) mass is 384 g/mol. The van der Waals surface area contributed by atoms with Crippen LogP contribution >= 0.6 is 0 Å². The highest BCUT2D eigenvalue weighted by Crippen LogP contribution is 2.18. The zero-order valence-corrected chi connectivity index (χ0v) is 18.1. The summed E-state index contributed by atoms with van der Waals surface area (Å²) in [5.41, 5.74) is 5.78. The van der Waals surface area contributed by atoms with Gasteiger partial charge in [0.2, 0.25) is 11.8 Å². The Labute approximate surface area is 167 Å². The summed E-state index contributed by atoms with van der Waals surface area (Å²) in [4.78, 5) is 26.5. The normalized spacial score (nSPS) is 11.0. The second-order valence-corrected chi connectivity index (χ2v) is 7.95. The molecule has 1 N–H and O–H groups in total. The van der Waals surface area contributed by atoms with Crippen LogP contribution in [0.4, 0.5) is 5.69 Å². The van der Waals surface area contributed by atoms with E-state index in [0.29, 0.717) is 5.92 Å². The highest BCUT2D eigenvalue weighted by Gasteiger charge is 2.19. The number of nitrogens with zero attached hydrogens (tertiary/aromatic N) is 3. The maximum absolute atomic E-state index is 12.7. The van der Waals surface area contributed by atoms with Crippen molar-refractivity contribution in [2.45, 2.75) is 54.5 Å². The van der Waals surface area contributed by atoms with Gasteiger partial charge in [0, 0.05) is 30.5 Å². The maximum Gasteiger partial charge on any atom is 0.243 e. The number of benzene rings is 1. The number of hydrogen-bond acceptors (Lipinski definition) is 3. The Hall–Kier alpha value is -2.63. The second kappa shape index (κ2) is 9.04. The molecule has 1 heterocycles. The van der Waals surface area contributed by atoms with Crippen molar-refractivity contribution >= 4 is 17.5 Å². The van der Waals surface area contributed by atoms with Gasteiger partial charge in [0.1, 0.15) is 0 Å². The number of amides is 2. The number of carbonyl (C=O) groups is 2. The molecule has 6 nitrogen and oxygen atoms in total. The zero-order chi connectivity index (χ0) is 21.0. The van der Waals surface area contributed by atoms with Crippen molar-refractivity contribution in [2.24, 2.45) is 5.92 Å². The second-order valence-electron chi connectivity index (χ2n) is 7.95. The number of likely N-dealkylation sites (N-methyl/N-ethyl adjacent to an activating group) is 1. The molecule has 1 aromatic carbocycles. The van der Waals surface area contributed by atoms with E-state index in [1.807, 2.05) is 50.6 Å². The van der Waals surface area contributed by atoms with Crippen LogP contribution in [0, 0.1) is 33.6 Å². The summed E-state index contributed by atoms with van der Waals surface area (Å²) in [5, 5.41) is 7.46. The SMILES string of the molecule is Cc1cccc(NC(=O)CN(C)C(=O)Cc2c(C)nn(CC(C)C)c2C)c1C. The van der Waals surface area contributed by atoms with Crippen LogP contribution < -0.4 is 5.32 Å². The predicted molar refractivity (Wildman–Crippen MR) is 112 cm³/mol. The first kappa shape index (κ1) is 21.7. The number of aryl methyl sites for hydroxylation is 2. The van der Waals surface area contributed by atoms with Gasteiger partial charge in [-0.2, -0.15) is 5.10 Å². The Morgan fingerprint density at radius 3 is 2.50 bits per heavy atom. The fraction of sp³-hybridized carbons (Fsp3) is 0.500. The first-order chi connectivity index (χ1) is 13.1. The number of hydrogen-bond donors (Lipinski definition) is 1. The van der Waals surface area contributed by atoms with Crippen molar-refractivity contribution in [3.63, 3.8) is 0 Å². The molecule has 0 atom stereocenters. The lowest BCUT2D eigenvalue weighted by atomic mass is 10.1. The van der Waals surface area contributed by atoms with Gasteiger partial charge in [0.25, 0.3) is 0 Å². The average molecular weight is 385 g/mol. The summed E-state index contributed by atoms with van der Waals surface area (Å²) in [6, 6.07) is 5.79. The van der Waals surface area contributed by atoms with Crippen molar-refractivity contribution < 1.29 is 9.59 Å². The van der Waals surface area contributed by atoms with E-state index in [1.54, 1.807) is 7.05 Å². The van der Waals surface area contributed by atoms with Crippen LogP contribution in [0.2, 0.25) is 0 Å². The van der Waals surface area contributed by atoms with Crippen molar-refractivity contribution in [1.29, 1.82) is 0 Å². The van der Waals surface area contributed by atoms with E-state index in [0.717, 1.165) is 40.3 Å². The van der Waals surface area contributed by atoms with Crippen LogP contribution in [-0.2, 0) is 22.6 Å². The van der Waals surface area contributed by atoms with Crippen LogP contribution in [0.1, 0.15) is 41.9 Å². The minimum Gasteiger partial charge on any atom is -0.336 e. The van der Waals surface area contributed by atoms with Crippen molar-refractivity contribution in [2.75, 3.05) is 18.9 Å². The van der Waals surface area contributed by atoms with Gasteiger partial charge < -0.3 is 10.2 Å². The van der Waals surface area contributed by atoms with Gasteiger partial charge in [-0.25, -0.2) is 0 Å². The first-order valence-electron chi connectivity index (χ1n) is 9.73. The van der Waals surface area contributed by atoms with Gasteiger partial charge in [-0.05, 0) is 50.8 Å². The van der Waals surface area contributed by atoms with Crippen LogP contribution in [0.5, 0.6) is 0 Å². The molecule has 2 rings (SSSR count). The van der Waals surface area contributed by atoms with Gasteiger partial charge >= 0.3 is 0 Å². The predicted octanol–water partition coefficient (Wildman–Crippen LogP) is 3.41. The topological polar surface area (TPSA) is 67.2 Å². The molecule has 2 amide bonds. The van der Waals surface area contributed by atoms with Crippen molar-refractivity contribution in [1.82, 2.24) is 14.7 Å². The lowest BCUT2D eigenvalue weighted by molar-refractivity contribution is -0.132. The minimum atomic E-state index is -0.200. The third-order valence-corrected chi connectivity index (χ3v) is 5.08. The molecule has 1 aromatic heterocycles. The Morgan fingerprint density at radius 1 is 1.18 bits per heavy atom. The van der Waals surface area contributed by atoms with Crippen LogP contribution in [0.25, 0.3) is 0 Å². The molecule has 0 aliphatic heterocycles. The Morgan fingerprint density at radius 2 is 1.86 bits per heavy atom. The van der Waals surface area contributed by atoms with Crippen LogP contribution in [0.15, 0.2) is 18.2 Å². The maximum atomic E-state index is 12.7. The van der Waals surface area contributed by atoms with Gasteiger partial charge in [0.05, 0.1) is 18.7 Å². The number of carbonyl (C=O) groups excluding carboxylic acids is 2. The van der Waals surface area contributed by atoms with E-state index in [4.69, 9.17) is 0 Å². The quantitative estimate of drug-likeness (QED) is 0.795. The van der Waals surface area contributed by atoms with E-state index < -0.39 is 0 Å². The third-order valence-electron chi connectivity index (χ3n) is 5.08. The highest BCUT2D eigenvalue weighted by atomic mass is 16.2. The number of anilines is 1. The Kier molecular flexibility index (Phi) is 7.00. The molecule has 0 radical (unpaired) electrons. The standard InChI is InChI=1S/C22H32N4O2/c1-14(2)12-26-18(6)19(17(5)24-26)11-22(28)25(7)13-21(27)23-20-10-8-9-15(3)16(20)4/h8-10,14H,11-13H2,1-7H3,(H,23,27). The average Bonchev–Trinajstić information content (AvgIpc) is 2.85. The number of nitrogens with one attached hydrogen (secondary N) is 1. The van der Waals surface area contributed by atoms with E-state index in [2.05, 4.69) is 24.3 Å². The fourth-order valence-electron chi connectivity index (χ4n) is 3.18. The Bertz CT molecular complexity index is 868. The molecular formula is C22H32N4O2. The highest BCUT2D eigenvalue weighted by molar-refractivity contribution is 5.95. The molecule has 0 unspecified atom stereocenters. The van der Waals surface area contributed by atoms with E-state index >= 15 is 0 Å². The summed E-state index contributed by atoms with van der Waals surface area (Å²) in [5.74, 6) is 0.193. The summed E-state index contributed by atoms with van der Waals surface area (Å²) in [6.07, 6.45) is 0.253. The Balaban J connectivity index is 2.00. The molecule has 0 fully saturated rings. The minimum absolute atomic E-state index is 0.0183. The van der Waals surface area contributed by atoms with E-state index in [9.17, 15) is 9.59 Å². The van der Waals surface area contributed by atoms with Crippen molar-refractivity contribution in [3.8, 4) is 0 Å². The molecule has 28 heavy (non-hydrogen) atoms. The van der Waals surface area contributed by atoms with Crippen LogP contribution in [-0.4, -0.2) is 40.1 Å².